The highest BCUT2D eigenvalue weighted by Gasteiger charge is 2.08. The fourth-order valence-electron chi connectivity index (χ4n) is 2.37. The molecule has 0 spiro atoms. The molecule has 0 unspecified atom stereocenters. The molecule has 0 aliphatic heterocycles. The molecule has 19 heavy (non-hydrogen) atoms. The summed E-state index contributed by atoms with van der Waals surface area (Å²) >= 11 is 0. The van der Waals surface area contributed by atoms with Crippen LogP contribution < -0.4 is 0 Å². The molecule has 0 bridgehead atoms. The van der Waals surface area contributed by atoms with Gasteiger partial charge in [-0.2, -0.15) is 0 Å². The zero-order valence-corrected chi connectivity index (χ0v) is 10.8. The van der Waals surface area contributed by atoms with Gasteiger partial charge in [0, 0.05) is 34.6 Å². The molecule has 0 aliphatic rings. The van der Waals surface area contributed by atoms with E-state index < -0.39 is 0 Å². The van der Waals surface area contributed by atoms with Gasteiger partial charge < -0.3 is 4.98 Å². The molecule has 1 N–H and O–H groups in total. The Kier molecular flexibility index (Phi) is 2.92. The van der Waals surface area contributed by atoms with Gasteiger partial charge in [0.15, 0.2) is 5.78 Å². The maximum Gasteiger partial charge on any atom is 0.162 e. The third kappa shape index (κ3) is 2.06. The number of aromatic nitrogens is 1. The Morgan fingerprint density at radius 3 is 2.79 bits per heavy atom. The van der Waals surface area contributed by atoms with Gasteiger partial charge in [0.25, 0.3) is 0 Å². The molecule has 0 saturated carbocycles. The minimum Gasteiger partial charge on any atom is -0.361 e. The molecular formula is C17H15NO. The number of para-hydroxylation sites is 1. The van der Waals surface area contributed by atoms with Crippen LogP contribution in [0.5, 0.6) is 0 Å². The number of ketones is 1. The summed E-state index contributed by atoms with van der Waals surface area (Å²) in [6.45, 7) is 1.89. The zero-order chi connectivity index (χ0) is 13.2. The quantitative estimate of drug-likeness (QED) is 0.684. The molecule has 0 saturated heterocycles. The van der Waals surface area contributed by atoms with E-state index in [9.17, 15) is 4.79 Å². The molecule has 1 heterocycles. The highest BCUT2D eigenvalue weighted by molar-refractivity contribution is 5.99. The molecule has 0 atom stereocenters. The summed E-state index contributed by atoms with van der Waals surface area (Å²) in [5.41, 5.74) is 4.12. The fraction of sp³-hybridized carbons (Fsp3) is 0.118. The SMILES string of the molecule is CCC(=O)c1cccc(-c2c[nH]c3ccccc23)c1. The first-order chi connectivity index (χ1) is 9.29. The second-order valence-electron chi connectivity index (χ2n) is 4.61. The Bertz CT molecular complexity index is 740. The predicted octanol–water partition coefficient (Wildman–Crippen LogP) is 4.43. The summed E-state index contributed by atoms with van der Waals surface area (Å²) in [6.07, 6.45) is 2.54. The molecule has 0 aliphatic carbocycles. The van der Waals surface area contributed by atoms with Crippen LogP contribution in [0.3, 0.4) is 0 Å². The van der Waals surface area contributed by atoms with E-state index in [-0.39, 0.29) is 5.78 Å². The lowest BCUT2D eigenvalue weighted by Gasteiger charge is -2.03. The standard InChI is InChI=1S/C17H15NO/c1-2-17(19)13-7-5-6-12(10-13)15-11-18-16-9-4-3-8-14(15)16/h3-11,18H,2H2,1H3. The van der Waals surface area contributed by atoms with Crippen LogP contribution in [0.2, 0.25) is 0 Å². The number of H-pyrrole nitrogens is 1. The van der Waals surface area contributed by atoms with Gasteiger partial charge >= 0.3 is 0 Å². The van der Waals surface area contributed by atoms with Gasteiger partial charge in [0.05, 0.1) is 0 Å². The maximum absolute atomic E-state index is 11.8. The number of hydrogen-bond donors (Lipinski definition) is 1. The smallest absolute Gasteiger partial charge is 0.162 e. The number of benzene rings is 2. The number of nitrogens with one attached hydrogen (secondary N) is 1. The minimum absolute atomic E-state index is 0.182. The third-order valence-electron chi connectivity index (χ3n) is 3.41. The van der Waals surface area contributed by atoms with Crippen LogP contribution in [0.1, 0.15) is 23.7 Å². The molecule has 94 valence electrons. The summed E-state index contributed by atoms with van der Waals surface area (Å²) in [5, 5.41) is 1.18. The van der Waals surface area contributed by atoms with Gasteiger partial charge in [-0.25, -0.2) is 0 Å². The lowest BCUT2D eigenvalue weighted by atomic mass is 10.00. The van der Waals surface area contributed by atoms with Gasteiger partial charge in [0.2, 0.25) is 0 Å². The van der Waals surface area contributed by atoms with Crippen LogP contribution in [0.25, 0.3) is 22.0 Å². The molecule has 2 heteroatoms. The number of carbonyl (C=O) groups excluding carboxylic acids is 1. The first kappa shape index (κ1) is 11.7. The van der Waals surface area contributed by atoms with Crippen molar-refractivity contribution >= 4 is 16.7 Å². The van der Waals surface area contributed by atoms with Gasteiger partial charge in [-0.05, 0) is 17.7 Å². The van der Waals surface area contributed by atoms with Crippen LogP contribution in [0.4, 0.5) is 0 Å². The van der Waals surface area contributed by atoms with Crippen LogP contribution >= 0.6 is 0 Å². The normalized spacial score (nSPS) is 10.8. The van der Waals surface area contributed by atoms with Crippen molar-refractivity contribution < 1.29 is 4.79 Å². The highest BCUT2D eigenvalue weighted by atomic mass is 16.1. The summed E-state index contributed by atoms with van der Waals surface area (Å²) in [5.74, 6) is 0.182. The monoisotopic (exact) mass is 249 g/mol. The Morgan fingerprint density at radius 2 is 1.95 bits per heavy atom. The number of rotatable bonds is 3. The molecule has 0 radical (unpaired) electrons. The number of hydrogen-bond acceptors (Lipinski definition) is 1. The van der Waals surface area contributed by atoms with Gasteiger partial charge in [0.1, 0.15) is 0 Å². The molecule has 3 aromatic rings. The van der Waals surface area contributed by atoms with Gasteiger partial charge in [-0.3, -0.25) is 4.79 Å². The second-order valence-corrected chi connectivity index (χ2v) is 4.61. The first-order valence-corrected chi connectivity index (χ1v) is 6.49. The zero-order valence-electron chi connectivity index (χ0n) is 10.8. The Morgan fingerprint density at radius 1 is 1.11 bits per heavy atom. The summed E-state index contributed by atoms with van der Waals surface area (Å²) in [7, 11) is 0. The van der Waals surface area contributed by atoms with E-state index in [0.29, 0.717) is 6.42 Å². The highest BCUT2D eigenvalue weighted by Crippen LogP contribution is 2.29. The van der Waals surface area contributed by atoms with Crippen molar-refractivity contribution in [2.24, 2.45) is 0 Å². The van der Waals surface area contributed by atoms with Crippen LogP contribution in [-0.2, 0) is 0 Å². The van der Waals surface area contributed by atoms with Gasteiger partial charge in [-0.15, -0.1) is 0 Å². The fourth-order valence-corrected chi connectivity index (χ4v) is 2.37. The second kappa shape index (κ2) is 4.73. The molecule has 2 nitrogen and oxygen atoms in total. The Balaban J connectivity index is 2.14. The number of carbonyl (C=O) groups is 1. The van der Waals surface area contributed by atoms with Crippen molar-refractivity contribution in [3.8, 4) is 11.1 Å². The van der Waals surface area contributed by atoms with Crippen LogP contribution in [0.15, 0.2) is 54.7 Å². The average Bonchev–Trinajstić information content (AvgIpc) is 2.90. The summed E-state index contributed by atoms with van der Waals surface area (Å²) in [4.78, 5) is 15.1. The lowest BCUT2D eigenvalue weighted by Crippen LogP contribution is -1.95. The average molecular weight is 249 g/mol. The van der Waals surface area contributed by atoms with Crippen molar-refractivity contribution in [1.82, 2.24) is 4.98 Å². The first-order valence-electron chi connectivity index (χ1n) is 6.49. The van der Waals surface area contributed by atoms with Crippen molar-refractivity contribution in [1.29, 1.82) is 0 Å². The Hall–Kier alpha value is -2.35. The maximum atomic E-state index is 11.8. The van der Waals surface area contributed by atoms with Crippen molar-refractivity contribution in [3.05, 3.63) is 60.3 Å². The van der Waals surface area contributed by atoms with E-state index in [1.807, 2.05) is 49.5 Å². The molecule has 0 fully saturated rings. The van der Waals surface area contributed by atoms with Crippen molar-refractivity contribution in [3.63, 3.8) is 0 Å². The van der Waals surface area contributed by atoms with E-state index in [4.69, 9.17) is 0 Å². The molecule has 1 aromatic heterocycles. The summed E-state index contributed by atoms with van der Waals surface area (Å²) in [6, 6.07) is 16.0. The predicted molar refractivity (Wildman–Crippen MR) is 78.4 cm³/mol. The molecule has 2 aromatic carbocycles. The topological polar surface area (TPSA) is 32.9 Å². The molecule has 3 rings (SSSR count). The number of fused-ring (bicyclic) bond motifs is 1. The van der Waals surface area contributed by atoms with E-state index in [0.717, 1.165) is 22.2 Å². The van der Waals surface area contributed by atoms with E-state index in [1.165, 1.54) is 5.39 Å². The third-order valence-corrected chi connectivity index (χ3v) is 3.41. The van der Waals surface area contributed by atoms with Crippen LogP contribution in [0, 0.1) is 0 Å². The van der Waals surface area contributed by atoms with E-state index in [1.54, 1.807) is 0 Å². The molecule has 0 amide bonds. The lowest BCUT2D eigenvalue weighted by molar-refractivity contribution is 0.0988. The Labute approximate surface area is 112 Å². The van der Waals surface area contributed by atoms with E-state index in [2.05, 4.69) is 17.1 Å². The van der Waals surface area contributed by atoms with Gasteiger partial charge in [-0.1, -0.05) is 43.3 Å². The number of aromatic amines is 1. The largest absolute Gasteiger partial charge is 0.361 e. The number of Topliss-reactive ketones (excluding diaryl/α,β-unsaturated/α-hetero) is 1. The van der Waals surface area contributed by atoms with Crippen LogP contribution in [-0.4, -0.2) is 10.8 Å². The van der Waals surface area contributed by atoms with E-state index >= 15 is 0 Å². The summed E-state index contributed by atoms with van der Waals surface area (Å²) < 4.78 is 0. The molecular weight excluding hydrogens is 234 g/mol. The van der Waals surface area contributed by atoms with Crippen molar-refractivity contribution in [2.75, 3.05) is 0 Å². The van der Waals surface area contributed by atoms with Crippen molar-refractivity contribution in [2.45, 2.75) is 13.3 Å². The minimum atomic E-state index is 0.182.